The largest absolute Gasteiger partial charge is 0.456 e. The first kappa shape index (κ1) is 22.7. The number of furan rings is 1. The van der Waals surface area contributed by atoms with Gasteiger partial charge in [-0.25, -0.2) is 24.9 Å². The highest BCUT2D eigenvalue weighted by Gasteiger charge is 2.36. The van der Waals surface area contributed by atoms with Crippen LogP contribution in [0.2, 0.25) is 0 Å². The highest BCUT2D eigenvalue weighted by atomic mass is 16.3. The van der Waals surface area contributed by atoms with E-state index in [-0.39, 0.29) is 5.41 Å². The molecule has 0 unspecified atom stereocenters. The lowest BCUT2D eigenvalue weighted by atomic mass is 9.82. The van der Waals surface area contributed by atoms with Crippen molar-refractivity contribution in [2.24, 2.45) is 0 Å². The van der Waals surface area contributed by atoms with E-state index < -0.39 is 0 Å². The van der Waals surface area contributed by atoms with Gasteiger partial charge in [0.05, 0.1) is 0 Å². The summed E-state index contributed by atoms with van der Waals surface area (Å²) in [5.41, 5.74) is 8.40. The number of hydrogen-bond donors (Lipinski definition) is 0. The zero-order chi connectivity index (χ0) is 26.8. The molecule has 1 aliphatic rings. The van der Waals surface area contributed by atoms with Gasteiger partial charge in [0.1, 0.15) is 11.2 Å². The van der Waals surface area contributed by atoms with Crippen LogP contribution in [-0.4, -0.2) is 24.9 Å². The third-order valence-electron chi connectivity index (χ3n) is 7.87. The fraction of sp³-hybridized carbons (Fsp3) is 0.0882. The Hall–Kier alpha value is -5.23. The van der Waals surface area contributed by atoms with Crippen LogP contribution in [-0.2, 0) is 5.41 Å². The quantitative estimate of drug-likeness (QED) is 0.237. The van der Waals surface area contributed by atoms with E-state index in [1.54, 1.807) is 18.5 Å². The molecule has 0 radical (unpaired) electrons. The summed E-state index contributed by atoms with van der Waals surface area (Å²) in [5.74, 6) is 1.99. The maximum Gasteiger partial charge on any atom is 0.201 e. The summed E-state index contributed by atoms with van der Waals surface area (Å²) in [6.07, 6.45) is 3.39. The van der Waals surface area contributed by atoms with Gasteiger partial charge in [0.25, 0.3) is 0 Å². The van der Waals surface area contributed by atoms with E-state index in [2.05, 4.69) is 60.2 Å². The van der Waals surface area contributed by atoms with Gasteiger partial charge in [-0.15, -0.1) is 0 Å². The van der Waals surface area contributed by atoms with E-state index in [1.807, 2.05) is 48.5 Å². The summed E-state index contributed by atoms with van der Waals surface area (Å²) in [6, 6.07) is 30.8. The molecule has 4 aromatic carbocycles. The summed E-state index contributed by atoms with van der Waals surface area (Å²) in [4.78, 5) is 23.4. The van der Waals surface area contributed by atoms with Crippen molar-refractivity contribution in [1.82, 2.24) is 24.9 Å². The third-order valence-corrected chi connectivity index (χ3v) is 7.87. The zero-order valence-corrected chi connectivity index (χ0v) is 22.0. The van der Waals surface area contributed by atoms with Crippen LogP contribution in [0.15, 0.2) is 108 Å². The van der Waals surface area contributed by atoms with Gasteiger partial charge in [0.15, 0.2) is 17.5 Å². The van der Waals surface area contributed by atoms with E-state index >= 15 is 0 Å². The molecule has 0 saturated heterocycles. The standard InChI is InChI=1S/C34H23N5O/c1-34(2)25-14-7-6-12-21(25)23-19-28-24(18-26(23)34)29-22(13-8-15-27(29)40-28)31-37-30(20-10-4-3-5-11-20)38-33(39-31)32-35-16-9-17-36-32/h3-19H,1-2H3. The third kappa shape index (κ3) is 3.32. The summed E-state index contributed by atoms with van der Waals surface area (Å²) < 4.78 is 6.46. The first-order valence-electron chi connectivity index (χ1n) is 13.3. The lowest BCUT2D eigenvalue weighted by Gasteiger charge is -2.21. The van der Waals surface area contributed by atoms with Crippen LogP contribution in [0.25, 0.3) is 67.5 Å². The Balaban J connectivity index is 1.40. The molecule has 0 spiro atoms. The van der Waals surface area contributed by atoms with Crippen LogP contribution in [0.3, 0.4) is 0 Å². The molecule has 190 valence electrons. The van der Waals surface area contributed by atoms with Gasteiger partial charge < -0.3 is 4.42 Å². The topological polar surface area (TPSA) is 77.6 Å². The van der Waals surface area contributed by atoms with Crippen molar-refractivity contribution in [1.29, 1.82) is 0 Å². The van der Waals surface area contributed by atoms with Gasteiger partial charge in [-0.3, -0.25) is 0 Å². The zero-order valence-electron chi connectivity index (χ0n) is 22.0. The molecule has 3 aromatic heterocycles. The summed E-state index contributed by atoms with van der Waals surface area (Å²) in [5, 5.41) is 2.03. The normalized spacial score (nSPS) is 13.4. The summed E-state index contributed by atoms with van der Waals surface area (Å²) >= 11 is 0. The van der Waals surface area contributed by atoms with Crippen LogP contribution in [0.1, 0.15) is 25.0 Å². The number of fused-ring (bicyclic) bond motifs is 6. The van der Waals surface area contributed by atoms with E-state index in [0.717, 1.165) is 33.1 Å². The average Bonchev–Trinajstić information content (AvgIpc) is 3.48. The minimum Gasteiger partial charge on any atom is -0.456 e. The van der Waals surface area contributed by atoms with Gasteiger partial charge >= 0.3 is 0 Å². The lowest BCUT2D eigenvalue weighted by Crippen LogP contribution is -2.14. The molecule has 0 bridgehead atoms. The van der Waals surface area contributed by atoms with Gasteiger partial charge in [0, 0.05) is 39.7 Å². The van der Waals surface area contributed by atoms with Crippen LogP contribution in [0, 0.1) is 0 Å². The maximum atomic E-state index is 6.46. The van der Waals surface area contributed by atoms with E-state index in [9.17, 15) is 0 Å². The smallest absolute Gasteiger partial charge is 0.201 e. The molecule has 0 saturated carbocycles. The van der Waals surface area contributed by atoms with E-state index in [4.69, 9.17) is 19.4 Å². The Kier molecular flexibility index (Phi) is 4.76. The molecule has 6 nitrogen and oxygen atoms in total. The van der Waals surface area contributed by atoms with Crippen molar-refractivity contribution < 1.29 is 4.42 Å². The molecule has 0 aliphatic heterocycles. The predicted molar refractivity (Wildman–Crippen MR) is 157 cm³/mol. The van der Waals surface area contributed by atoms with Crippen molar-refractivity contribution >= 4 is 21.9 Å². The molecule has 1 aliphatic carbocycles. The Bertz CT molecular complexity index is 2020. The fourth-order valence-corrected chi connectivity index (χ4v) is 5.93. The number of aromatic nitrogens is 5. The predicted octanol–water partition coefficient (Wildman–Crippen LogP) is 7.87. The van der Waals surface area contributed by atoms with Crippen molar-refractivity contribution in [3.63, 3.8) is 0 Å². The molecule has 0 atom stereocenters. The van der Waals surface area contributed by atoms with Crippen molar-refractivity contribution in [2.45, 2.75) is 19.3 Å². The molecular weight excluding hydrogens is 494 g/mol. The van der Waals surface area contributed by atoms with Crippen LogP contribution in [0.5, 0.6) is 0 Å². The van der Waals surface area contributed by atoms with Gasteiger partial charge in [-0.2, -0.15) is 0 Å². The van der Waals surface area contributed by atoms with Crippen LogP contribution in [0.4, 0.5) is 0 Å². The van der Waals surface area contributed by atoms with Crippen LogP contribution >= 0.6 is 0 Å². The minimum absolute atomic E-state index is 0.121. The Labute approximate surface area is 230 Å². The average molecular weight is 518 g/mol. The molecule has 0 fully saturated rings. The molecule has 0 amide bonds. The number of nitrogens with zero attached hydrogens (tertiary/aromatic N) is 5. The second-order valence-corrected chi connectivity index (χ2v) is 10.6. The molecule has 40 heavy (non-hydrogen) atoms. The van der Waals surface area contributed by atoms with E-state index in [1.165, 1.54) is 22.3 Å². The monoisotopic (exact) mass is 517 g/mol. The summed E-state index contributed by atoms with van der Waals surface area (Å²) in [7, 11) is 0. The van der Waals surface area contributed by atoms with E-state index in [0.29, 0.717) is 23.3 Å². The second-order valence-electron chi connectivity index (χ2n) is 10.6. The molecule has 8 rings (SSSR count). The first-order valence-corrected chi connectivity index (χ1v) is 13.3. The number of rotatable bonds is 3. The molecule has 6 heteroatoms. The number of benzene rings is 4. The van der Waals surface area contributed by atoms with Crippen LogP contribution < -0.4 is 0 Å². The highest BCUT2D eigenvalue weighted by molar-refractivity contribution is 6.13. The maximum absolute atomic E-state index is 6.46. The van der Waals surface area contributed by atoms with Gasteiger partial charge in [-0.1, -0.05) is 80.6 Å². The molecule has 3 heterocycles. The highest BCUT2D eigenvalue weighted by Crippen LogP contribution is 2.51. The minimum atomic E-state index is -0.121. The fourth-order valence-electron chi connectivity index (χ4n) is 5.93. The summed E-state index contributed by atoms with van der Waals surface area (Å²) in [6.45, 7) is 4.58. The Morgan fingerprint density at radius 2 is 1.27 bits per heavy atom. The Morgan fingerprint density at radius 3 is 2.12 bits per heavy atom. The second kappa shape index (κ2) is 8.38. The number of hydrogen-bond acceptors (Lipinski definition) is 6. The van der Waals surface area contributed by atoms with Crippen molar-refractivity contribution in [3.8, 4) is 45.6 Å². The SMILES string of the molecule is CC1(C)c2ccccc2-c2cc3oc4cccc(-c5nc(-c6ccccc6)nc(-c6ncccn6)n5)c4c3cc21. The first-order chi connectivity index (χ1) is 19.6. The van der Waals surface area contributed by atoms with Gasteiger partial charge in [-0.05, 0) is 46.5 Å². The van der Waals surface area contributed by atoms with Crippen molar-refractivity contribution in [3.05, 3.63) is 115 Å². The van der Waals surface area contributed by atoms with Crippen molar-refractivity contribution in [2.75, 3.05) is 0 Å². The Morgan fingerprint density at radius 1 is 0.550 bits per heavy atom. The lowest BCUT2D eigenvalue weighted by molar-refractivity contribution is 0.658. The molecular formula is C34H23N5O. The molecule has 0 N–H and O–H groups in total. The van der Waals surface area contributed by atoms with Gasteiger partial charge in [0.2, 0.25) is 5.82 Å². The molecule has 7 aromatic rings.